The molecule has 0 bridgehead atoms. The molecule has 2 aromatic carbocycles. The van der Waals surface area contributed by atoms with Gasteiger partial charge in [0.1, 0.15) is 0 Å². The van der Waals surface area contributed by atoms with Gasteiger partial charge in [-0.3, -0.25) is 0 Å². The number of hydrogen-bond acceptors (Lipinski definition) is 0. The number of benzene rings is 2. The second kappa shape index (κ2) is 5.50. The Balaban J connectivity index is 2.21. The summed E-state index contributed by atoms with van der Waals surface area (Å²) in [6.07, 6.45) is 4.60. The van der Waals surface area contributed by atoms with Gasteiger partial charge < -0.3 is 0 Å². The van der Waals surface area contributed by atoms with E-state index in [9.17, 15) is 0 Å². The third kappa shape index (κ3) is 2.73. The molecule has 0 nitrogen and oxygen atoms in total. The smallest absolute Gasteiger partial charge is 0.0202 e. The lowest BCUT2D eigenvalue weighted by Gasteiger charge is -2.08. The van der Waals surface area contributed by atoms with Crippen molar-refractivity contribution in [3.8, 4) is 0 Å². The average Bonchev–Trinajstić information content (AvgIpc) is 2.33. The zero-order chi connectivity index (χ0) is 11.2. The van der Waals surface area contributed by atoms with Crippen LogP contribution >= 0.6 is 0 Å². The largest absolute Gasteiger partial charge is 0.0651 e. The van der Waals surface area contributed by atoms with E-state index in [-0.39, 0.29) is 0 Å². The van der Waals surface area contributed by atoms with Crippen LogP contribution in [0, 0.1) is 6.42 Å². The Kier molecular flexibility index (Phi) is 3.76. The van der Waals surface area contributed by atoms with Gasteiger partial charge >= 0.3 is 0 Å². The van der Waals surface area contributed by atoms with E-state index in [0.717, 1.165) is 6.42 Å². The molecular weight excluding hydrogens is 192 g/mol. The van der Waals surface area contributed by atoms with Crippen molar-refractivity contribution in [1.29, 1.82) is 0 Å². The quantitative estimate of drug-likeness (QED) is 0.706. The Morgan fingerprint density at radius 1 is 0.875 bits per heavy atom. The molecule has 2 aromatic rings. The van der Waals surface area contributed by atoms with E-state index >= 15 is 0 Å². The molecule has 0 saturated carbocycles. The first-order chi connectivity index (χ1) is 7.90. The zero-order valence-electron chi connectivity index (χ0n) is 9.69. The van der Waals surface area contributed by atoms with Gasteiger partial charge in [0.2, 0.25) is 0 Å². The van der Waals surface area contributed by atoms with Crippen LogP contribution < -0.4 is 0 Å². The molecule has 0 heterocycles. The standard InChI is InChI=1S/C16H17/c1-2-8-15-11-6-7-12-16(15)13-14-9-4-3-5-10-14/h3-7,9-13H,2,8H2,1H3. The van der Waals surface area contributed by atoms with Crippen LogP contribution in [0.15, 0.2) is 54.6 Å². The summed E-state index contributed by atoms with van der Waals surface area (Å²) in [5, 5.41) is 0. The molecule has 0 atom stereocenters. The molecule has 0 N–H and O–H groups in total. The van der Waals surface area contributed by atoms with Crippen molar-refractivity contribution in [3.05, 3.63) is 77.7 Å². The van der Waals surface area contributed by atoms with Crippen molar-refractivity contribution in [2.45, 2.75) is 19.8 Å². The van der Waals surface area contributed by atoms with E-state index in [1.165, 1.54) is 23.1 Å². The number of aryl methyl sites for hydroxylation is 1. The normalized spacial score (nSPS) is 10.3. The van der Waals surface area contributed by atoms with Crippen LogP contribution in [0.1, 0.15) is 30.0 Å². The number of hydrogen-bond donors (Lipinski definition) is 0. The maximum Gasteiger partial charge on any atom is 0.0202 e. The summed E-state index contributed by atoms with van der Waals surface area (Å²) in [7, 11) is 0. The van der Waals surface area contributed by atoms with Crippen LogP contribution in [0.3, 0.4) is 0 Å². The molecular formula is C16H17. The predicted molar refractivity (Wildman–Crippen MR) is 69.4 cm³/mol. The van der Waals surface area contributed by atoms with Gasteiger partial charge in [0, 0.05) is 6.42 Å². The van der Waals surface area contributed by atoms with Gasteiger partial charge in [-0.25, -0.2) is 0 Å². The fourth-order valence-electron chi connectivity index (χ4n) is 1.90. The van der Waals surface area contributed by atoms with Crippen molar-refractivity contribution in [2.75, 3.05) is 0 Å². The Labute approximate surface area is 97.9 Å². The Hall–Kier alpha value is -1.56. The SMILES string of the molecule is CCCc1ccccc1[CH]c1ccccc1. The molecule has 1 radical (unpaired) electrons. The van der Waals surface area contributed by atoms with E-state index in [1.807, 2.05) is 0 Å². The maximum absolute atomic E-state index is 2.25. The summed E-state index contributed by atoms with van der Waals surface area (Å²) >= 11 is 0. The maximum atomic E-state index is 2.25. The highest BCUT2D eigenvalue weighted by molar-refractivity contribution is 5.41. The summed E-state index contributed by atoms with van der Waals surface area (Å²) in [5.41, 5.74) is 4.05. The van der Waals surface area contributed by atoms with Crippen molar-refractivity contribution in [1.82, 2.24) is 0 Å². The second-order valence-electron chi connectivity index (χ2n) is 4.00. The highest BCUT2D eigenvalue weighted by atomic mass is 14.1. The number of rotatable bonds is 4. The Bertz CT molecular complexity index is 429. The Morgan fingerprint density at radius 3 is 2.31 bits per heavy atom. The first-order valence-corrected chi connectivity index (χ1v) is 5.88. The van der Waals surface area contributed by atoms with Crippen LogP contribution in [0.25, 0.3) is 0 Å². The lowest BCUT2D eigenvalue weighted by Crippen LogP contribution is -1.92. The first-order valence-electron chi connectivity index (χ1n) is 5.88. The highest BCUT2D eigenvalue weighted by Gasteiger charge is 2.01. The minimum atomic E-state index is 1.15. The molecule has 0 aliphatic rings. The average molecular weight is 209 g/mol. The van der Waals surface area contributed by atoms with E-state index in [1.54, 1.807) is 0 Å². The van der Waals surface area contributed by atoms with Crippen LogP contribution in [-0.4, -0.2) is 0 Å². The highest BCUT2D eigenvalue weighted by Crippen LogP contribution is 2.17. The van der Waals surface area contributed by atoms with Gasteiger partial charge in [-0.1, -0.05) is 67.9 Å². The third-order valence-corrected chi connectivity index (χ3v) is 2.70. The molecule has 0 aromatic heterocycles. The van der Waals surface area contributed by atoms with E-state index < -0.39 is 0 Å². The lowest BCUT2D eigenvalue weighted by molar-refractivity contribution is 0.915. The van der Waals surface area contributed by atoms with Crippen LogP contribution in [0.5, 0.6) is 0 Å². The topological polar surface area (TPSA) is 0 Å². The van der Waals surface area contributed by atoms with Crippen molar-refractivity contribution >= 4 is 0 Å². The van der Waals surface area contributed by atoms with Gasteiger partial charge in [-0.15, -0.1) is 0 Å². The predicted octanol–water partition coefficient (Wildman–Crippen LogP) is 4.24. The minimum Gasteiger partial charge on any atom is -0.0651 e. The van der Waals surface area contributed by atoms with Gasteiger partial charge in [0.05, 0.1) is 0 Å². The zero-order valence-corrected chi connectivity index (χ0v) is 9.69. The first kappa shape index (κ1) is 10.9. The molecule has 2 rings (SSSR count). The van der Waals surface area contributed by atoms with Gasteiger partial charge in [-0.2, -0.15) is 0 Å². The van der Waals surface area contributed by atoms with E-state index in [4.69, 9.17) is 0 Å². The lowest BCUT2D eigenvalue weighted by atomic mass is 9.97. The van der Waals surface area contributed by atoms with Gasteiger partial charge in [0.25, 0.3) is 0 Å². The van der Waals surface area contributed by atoms with E-state index in [0.29, 0.717) is 0 Å². The summed E-state index contributed by atoms with van der Waals surface area (Å²) < 4.78 is 0. The van der Waals surface area contributed by atoms with Crippen molar-refractivity contribution in [3.63, 3.8) is 0 Å². The molecule has 16 heavy (non-hydrogen) atoms. The molecule has 0 fully saturated rings. The molecule has 0 spiro atoms. The monoisotopic (exact) mass is 209 g/mol. The molecule has 0 aliphatic heterocycles. The second-order valence-corrected chi connectivity index (χ2v) is 4.00. The fraction of sp³-hybridized carbons (Fsp3) is 0.188. The van der Waals surface area contributed by atoms with Crippen molar-refractivity contribution < 1.29 is 0 Å². The molecule has 81 valence electrons. The molecule has 0 heteroatoms. The van der Waals surface area contributed by atoms with Crippen molar-refractivity contribution in [2.24, 2.45) is 0 Å². The van der Waals surface area contributed by atoms with Gasteiger partial charge in [0.15, 0.2) is 0 Å². The van der Waals surface area contributed by atoms with Crippen LogP contribution in [-0.2, 0) is 6.42 Å². The van der Waals surface area contributed by atoms with Crippen LogP contribution in [0.2, 0.25) is 0 Å². The molecule has 0 saturated heterocycles. The van der Waals surface area contributed by atoms with E-state index in [2.05, 4.69) is 67.9 Å². The molecule has 0 amide bonds. The summed E-state index contributed by atoms with van der Waals surface area (Å²) in [6.45, 7) is 2.22. The summed E-state index contributed by atoms with van der Waals surface area (Å²) in [6, 6.07) is 19.1. The fourth-order valence-corrected chi connectivity index (χ4v) is 1.90. The van der Waals surface area contributed by atoms with Crippen LogP contribution in [0.4, 0.5) is 0 Å². The summed E-state index contributed by atoms with van der Waals surface area (Å²) in [4.78, 5) is 0. The van der Waals surface area contributed by atoms with Gasteiger partial charge in [-0.05, 0) is 23.1 Å². The Morgan fingerprint density at radius 2 is 1.56 bits per heavy atom. The molecule has 0 unspecified atom stereocenters. The summed E-state index contributed by atoms with van der Waals surface area (Å²) in [5.74, 6) is 0. The molecule has 0 aliphatic carbocycles. The minimum absolute atomic E-state index is 1.15. The third-order valence-electron chi connectivity index (χ3n) is 2.70.